The number of aryl methyl sites for hydroxylation is 1. The molecule has 0 saturated heterocycles. The van der Waals surface area contributed by atoms with E-state index in [-0.39, 0.29) is 0 Å². The van der Waals surface area contributed by atoms with Crippen molar-refractivity contribution in [1.82, 2.24) is 4.98 Å². The van der Waals surface area contributed by atoms with Gasteiger partial charge in [-0.05, 0) is 58.7 Å². The number of hydrogen-bond donors (Lipinski definition) is 0. The van der Waals surface area contributed by atoms with Gasteiger partial charge in [0, 0.05) is 11.8 Å². The molecule has 0 aliphatic rings. The Morgan fingerprint density at radius 2 is 1.39 bits per heavy atom. The minimum Gasteiger partial charge on any atom is -0.256 e. The lowest BCUT2D eigenvalue weighted by molar-refractivity contribution is 1.29. The molecule has 0 atom stereocenters. The third-order valence-corrected chi connectivity index (χ3v) is 4.16. The van der Waals surface area contributed by atoms with Gasteiger partial charge in [0.1, 0.15) is 0 Å². The number of pyridine rings is 1. The summed E-state index contributed by atoms with van der Waals surface area (Å²) in [5.74, 6) is 0. The molecule has 0 unspecified atom stereocenters. The van der Waals surface area contributed by atoms with Gasteiger partial charge in [-0.15, -0.1) is 0 Å². The number of fused-ring (bicyclic) bond motifs is 1. The molecule has 0 bridgehead atoms. The van der Waals surface area contributed by atoms with Crippen molar-refractivity contribution in [2.24, 2.45) is 0 Å². The zero-order chi connectivity index (χ0) is 15.6. The van der Waals surface area contributed by atoms with Gasteiger partial charge < -0.3 is 0 Å². The van der Waals surface area contributed by atoms with Gasteiger partial charge in [-0.1, -0.05) is 54.6 Å². The Hall–Kier alpha value is -2.93. The van der Waals surface area contributed by atoms with E-state index in [1.807, 2.05) is 12.3 Å². The molecule has 0 aliphatic heterocycles. The average molecular weight is 295 g/mol. The second-order valence-corrected chi connectivity index (χ2v) is 5.86. The molecule has 0 saturated carbocycles. The number of aromatic nitrogens is 1. The summed E-state index contributed by atoms with van der Waals surface area (Å²) in [6, 6.07) is 27.8. The molecule has 110 valence electrons. The van der Waals surface area contributed by atoms with Crippen LogP contribution >= 0.6 is 0 Å². The molecule has 4 rings (SSSR count). The van der Waals surface area contributed by atoms with Crippen LogP contribution in [0.3, 0.4) is 0 Å². The molecule has 4 aromatic rings. The normalized spacial score (nSPS) is 10.8. The summed E-state index contributed by atoms with van der Waals surface area (Å²) in [5, 5.41) is 2.54. The summed E-state index contributed by atoms with van der Waals surface area (Å²) >= 11 is 0. The summed E-state index contributed by atoms with van der Waals surface area (Å²) in [5.41, 5.74) is 5.85. The molecule has 0 spiro atoms. The quantitative estimate of drug-likeness (QED) is 0.450. The molecule has 0 N–H and O–H groups in total. The van der Waals surface area contributed by atoms with E-state index < -0.39 is 0 Å². The molecular weight excluding hydrogens is 278 g/mol. The number of benzene rings is 3. The summed E-state index contributed by atoms with van der Waals surface area (Å²) in [6.45, 7) is 2.10. The Bertz CT molecular complexity index is 986. The molecule has 0 radical (unpaired) electrons. The SMILES string of the molecule is Cc1ccnc(-c2cccc(-c3ccc4ccccc4c3)c2)c1. The second kappa shape index (κ2) is 5.69. The molecular formula is C22H17N. The molecule has 0 aliphatic carbocycles. The van der Waals surface area contributed by atoms with Crippen molar-refractivity contribution >= 4 is 10.8 Å². The standard InChI is InChI=1S/C22H17N/c1-16-11-12-23-22(13-16)21-8-4-7-19(15-21)20-10-9-17-5-2-3-6-18(17)14-20/h2-15H,1H3. The average Bonchev–Trinajstić information content (AvgIpc) is 2.61. The van der Waals surface area contributed by atoms with E-state index in [0.29, 0.717) is 0 Å². The first kappa shape index (κ1) is 13.7. The van der Waals surface area contributed by atoms with E-state index in [4.69, 9.17) is 0 Å². The smallest absolute Gasteiger partial charge is 0.0704 e. The van der Waals surface area contributed by atoms with Crippen LogP contribution in [0, 0.1) is 6.92 Å². The Kier molecular flexibility index (Phi) is 3.39. The van der Waals surface area contributed by atoms with Crippen molar-refractivity contribution in [1.29, 1.82) is 0 Å². The van der Waals surface area contributed by atoms with Crippen LogP contribution in [-0.4, -0.2) is 4.98 Å². The first-order valence-electron chi connectivity index (χ1n) is 7.82. The zero-order valence-electron chi connectivity index (χ0n) is 13.0. The van der Waals surface area contributed by atoms with E-state index in [2.05, 4.69) is 84.7 Å². The van der Waals surface area contributed by atoms with Crippen LogP contribution in [0.15, 0.2) is 85.1 Å². The van der Waals surface area contributed by atoms with Crippen LogP contribution in [0.25, 0.3) is 33.2 Å². The van der Waals surface area contributed by atoms with Crippen LogP contribution in [-0.2, 0) is 0 Å². The molecule has 1 aromatic heterocycles. The van der Waals surface area contributed by atoms with Crippen molar-refractivity contribution in [3.8, 4) is 22.4 Å². The third kappa shape index (κ3) is 2.74. The van der Waals surface area contributed by atoms with Gasteiger partial charge in [-0.2, -0.15) is 0 Å². The van der Waals surface area contributed by atoms with E-state index in [1.54, 1.807) is 0 Å². The predicted octanol–water partition coefficient (Wildman–Crippen LogP) is 5.88. The van der Waals surface area contributed by atoms with Gasteiger partial charge in [-0.25, -0.2) is 0 Å². The molecule has 0 fully saturated rings. The molecule has 1 heterocycles. The van der Waals surface area contributed by atoms with Gasteiger partial charge in [-0.3, -0.25) is 4.98 Å². The molecule has 23 heavy (non-hydrogen) atoms. The fourth-order valence-electron chi connectivity index (χ4n) is 2.92. The zero-order valence-corrected chi connectivity index (χ0v) is 13.0. The maximum absolute atomic E-state index is 4.49. The summed E-state index contributed by atoms with van der Waals surface area (Å²) in [4.78, 5) is 4.49. The molecule has 3 aromatic carbocycles. The Labute approximate surface area is 136 Å². The minimum atomic E-state index is 1.02. The Balaban J connectivity index is 1.81. The van der Waals surface area contributed by atoms with Gasteiger partial charge in [0.15, 0.2) is 0 Å². The fourth-order valence-corrected chi connectivity index (χ4v) is 2.92. The highest BCUT2D eigenvalue weighted by atomic mass is 14.7. The van der Waals surface area contributed by atoms with Crippen molar-refractivity contribution in [3.05, 3.63) is 90.6 Å². The van der Waals surface area contributed by atoms with Crippen molar-refractivity contribution in [2.75, 3.05) is 0 Å². The Morgan fingerprint density at radius 1 is 0.609 bits per heavy atom. The highest BCUT2D eigenvalue weighted by Crippen LogP contribution is 2.28. The highest BCUT2D eigenvalue weighted by Gasteiger charge is 2.04. The lowest BCUT2D eigenvalue weighted by atomic mass is 9.98. The van der Waals surface area contributed by atoms with Crippen molar-refractivity contribution < 1.29 is 0 Å². The topological polar surface area (TPSA) is 12.9 Å². The van der Waals surface area contributed by atoms with Gasteiger partial charge in [0.05, 0.1) is 5.69 Å². The van der Waals surface area contributed by atoms with Crippen LogP contribution in [0.1, 0.15) is 5.56 Å². The largest absolute Gasteiger partial charge is 0.256 e. The summed E-state index contributed by atoms with van der Waals surface area (Å²) in [7, 11) is 0. The lowest BCUT2D eigenvalue weighted by Crippen LogP contribution is -1.86. The van der Waals surface area contributed by atoms with E-state index in [9.17, 15) is 0 Å². The second-order valence-electron chi connectivity index (χ2n) is 5.86. The maximum atomic E-state index is 4.49. The highest BCUT2D eigenvalue weighted by molar-refractivity contribution is 5.87. The van der Waals surface area contributed by atoms with Crippen molar-refractivity contribution in [2.45, 2.75) is 6.92 Å². The van der Waals surface area contributed by atoms with E-state index >= 15 is 0 Å². The summed E-state index contributed by atoms with van der Waals surface area (Å²) in [6.07, 6.45) is 1.87. The monoisotopic (exact) mass is 295 g/mol. The maximum Gasteiger partial charge on any atom is 0.0704 e. The summed E-state index contributed by atoms with van der Waals surface area (Å²) < 4.78 is 0. The van der Waals surface area contributed by atoms with E-state index in [0.717, 1.165) is 11.3 Å². The first-order valence-corrected chi connectivity index (χ1v) is 7.82. The number of hydrogen-bond acceptors (Lipinski definition) is 1. The van der Waals surface area contributed by atoms with Crippen LogP contribution in [0.4, 0.5) is 0 Å². The number of nitrogens with zero attached hydrogens (tertiary/aromatic N) is 1. The minimum absolute atomic E-state index is 1.02. The van der Waals surface area contributed by atoms with Crippen LogP contribution in [0.2, 0.25) is 0 Å². The Morgan fingerprint density at radius 3 is 2.26 bits per heavy atom. The fraction of sp³-hybridized carbons (Fsp3) is 0.0455. The van der Waals surface area contributed by atoms with Gasteiger partial charge in [0.2, 0.25) is 0 Å². The van der Waals surface area contributed by atoms with E-state index in [1.165, 1.54) is 27.5 Å². The lowest BCUT2D eigenvalue weighted by Gasteiger charge is -2.07. The predicted molar refractivity (Wildman–Crippen MR) is 97.4 cm³/mol. The molecule has 1 nitrogen and oxygen atoms in total. The van der Waals surface area contributed by atoms with Crippen LogP contribution in [0.5, 0.6) is 0 Å². The van der Waals surface area contributed by atoms with Crippen molar-refractivity contribution in [3.63, 3.8) is 0 Å². The van der Waals surface area contributed by atoms with Gasteiger partial charge >= 0.3 is 0 Å². The molecule has 1 heteroatoms. The van der Waals surface area contributed by atoms with Crippen LogP contribution < -0.4 is 0 Å². The first-order chi connectivity index (χ1) is 11.3. The third-order valence-electron chi connectivity index (χ3n) is 4.16. The molecule has 0 amide bonds. The number of rotatable bonds is 2. The van der Waals surface area contributed by atoms with Gasteiger partial charge in [0.25, 0.3) is 0 Å².